The number of nitrogens with zero attached hydrogens (tertiary/aromatic N) is 1. The van der Waals surface area contributed by atoms with Gasteiger partial charge < -0.3 is 9.32 Å². The second-order valence-electron chi connectivity index (χ2n) is 15.6. The molecule has 0 atom stereocenters. The fourth-order valence-corrected chi connectivity index (χ4v) is 10.5. The van der Waals surface area contributed by atoms with E-state index in [9.17, 15) is 0 Å². The first-order valence-electron chi connectivity index (χ1n) is 20.7. The summed E-state index contributed by atoms with van der Waals surface area (Å²) in [6, 6.07) is 81.0. The van der Waals surface area contributed by atoms with Crippen molar-refractivity contribution in [1.29, 1.82) is 0 Å². The van der Waals surface area contributed by atoms with Crippen molar-refractivity contribution >= 4 is 81.3 Å². The number of benzene rings is 10. The maximum absolute atomic E-state index is 7.01. The zero-order valence-corrected chi connectivity index (χ0v) is 33.9. The van der Waals surface area contributed by atoms with Gasteiger partial charge in [0, 0.05) is 47.8 Å². The zero-order chi connectivity index (χ0) is 40.3. The maximum atomic E-state index is 7.01. The van der Waals surface area contributed by atoms with E-state index in [1.165, 1.54) is 64.3 Å². The molecule has 0 amide bonds. The molecule has 0 bridgehead atoms. The number of fused-ring (bicyclic) bond motifs is 7. The van der Waals surface area contributed by atoms with Crippen LogP contribution in [0.3, 0.4) is 0 Å². The Kier molecular flexibility index (Phi) is 8.39. The summed E-state index contributed by atoms with van der Waals surface area (Å²) in [4.78, 5) is 2.42. The molecule has 0 aliphatic rings. The zero-order valence-electron chi connectivity index (χ0n) is 33.1. The number of furan rings is 1. The average molecular weight is 796 g/mol. The van der Waals surface area contributed by atoms with E-state index in [4.69, 9.17) is 4.42 Å². The molecule has 0 saturated carbocycles. The van der Waals surface area contributed by atoms with Crippen molar-refractivity contribution < 1.29 is 4.42 Å². The van der Waals surface area contributed by atoms with E-state index < -0.39 is 0 Å². The summed E-state index contributed by atoms with van der Waals surface area (Å²) in [7, 11) is 0. The fourth-order valence-electron chi connectivity index (χ4n) is 9.22. The summed E-state index contributed by atoms with van der Waals surface area (Å²) in [5.74, 6) is 0. The van der Waals surface area contributed by atoms with E-state index in [1.54, 1.807) is 0 Å². The van der Waals surface area contributed by atoms with Crippen LogP contribution in [0.5, 0.6) is 0 Å². The van der Waals surface area contributed by atoms with Crippen LogP contribution in [0.2, 0.25) is 0 Å². The van der Waals surface area contributed by atoms with Gasteiger partial charge in [-0.05, 0) is 81.2 Å². The summed E-state index contributed by atoms with van der Waals surface area (Å²) >= 11 is 1.87. The molecule has 0 fully saturated rings. The van der Waals surface area contributed by atoms with Gasteiger partial charge in [-0.25, -0.2) is 0 Å². The first-order valence-corrected chi connectivity index (χ1v) is 21.6. The van der Waals surface area contributed by atoms with Crippen LogP contribution in [0, 0.1) is 0 Å². The fraction of sp³-hybridized carbons (Fsp3) is 0. The standard InChI is InChI=1S/C58H37NOS/c1-2-14-38(15-3-1)39-28-30-40(31-29-39)41-32-34-43(35-33-41)59(52-25-12-17-42-16-4-5-18-44(42)52)53-37-36-48(57-56(53)51-22-8-10-26-54(51)60-57)45-19-6-7-20-46(45)49-23-13-24-50-47-21-9-11-27-55(47)61-58(49)50/h1-37H. The lowest BCUT2D eigenvalue weighted by Gasteiger charge is -2.28. The van der Waals surface area contributed by atoms with Crippen LogP contribution >= 0.6 is 11.3 Å². The summed E-state index contributed by atoms with van der Waals surface area (Å²) in [6.45, 7) is 0. The van der Waals surface area contributed by atoms with E-state index in [-0.39, 0.29) is 0 Å². The Bertz CT molecular complexity index is 3570. The SMILES string of the molecule is c1ccc(-c2ccc(-c3ccc(N(c4cccc5ccccc45)c4ccc(-c5ccccc5-c5cccc6c5sc5ccccc56)c5oc6ccccc6c45)cc3)cc2)cc1. The molecule has 2 nitrogen and oxygen atoms in total. The molecule has 12 aromatic rings. The van der Waals surface area contributed by atoms with Crippen LogP contribution < -0.4 is 4.90 Å². The van der Waals surface area contributed by atoms with Gasteiger partial charge in [-0.15, -0.1) is 11.3 Å². The molecular weight excluding hydrogens is 759 g/mol. The van der Waals surface area contributed by atoms with Gasteiger partial charge in [0.1, 0.15) is 11.2 Å². The Morgan fingerprint density at radius 3 is 1.69 bits per heavy atom. The second kappa shape index (κ2) is 14.5. The highest BCUT2D eigenvalue weighted by atomic mass is 32.1. The Balaban J connectivity index is 1.05. The second-order valence-corrected chi connectivity index (χ2v) is 16.6. The maximum Gasteiger partial charge on any atom is 0.145 e. The van der Waals surface area contributed by atoms with Gasteiger partial charge in [0.05, 0.1) is 16.8 Å². The number of hydrogen-bond donors (Lipinski definition) is 0. The van der Waals surface area contributed by atoms with Crippen LogP contribution in [-0.2, 0) is 0 Å². The van der Waals surface area contributed by atoms with Gasteiger partial charge in [0.2, 0.25) is 0 Å². The molecule has 3 heteroatoms. The number of hydrogen-bond acceptors (Lipinski definition) is 3. The Morgan fingerprint density at radius 1 is 0.344 bits per heavy atom. The first kappa shape index (κ1) is 35.2. The van der Waals surface area contributed by atoms with E-state index in [0.717, 1.165) is 50.1 Å². The number of thiophene rings is 1. The van der Waals surface area contributed by atoms with E-state index in [1.807, 2.05) is 11.3 Å². The molecule has 0 spiro atoms. The third kappa shape index (κ3) is 5.93. The minimum Gasteiger partial charge on any atom is -0.455 e. The predicted octanol–water partition coefficient (Wildman–Crippen LogP) is 17.2. The minimum atomic E-state index is 0.863. The molecule has 10 aromatic carbocycles. The molecule has 2 heterocycles. The van der Waals surface area contributed by atoms with Crippen molar-refractivity contribution in [3.63, 3.8) is 0 Å². The molecule has 0 saturated heterocycles. The van der Waals surface area contributed by atoms with E-state index in [0.29, 0.717) is 0 Å². The van der Waals surface area contributed by atoms with Gasteiger partial charge in [0.15, 0.2) is 0 Å². The van der Waals surface area contributed by atoms with Crippen molar-refractivity contribution in [1.82, 2.24) is 0 Å². The Labute approximate surface area is 357 Å². The molecule has 0 radical (unpaired) electrons. The topological polar surface area (TPSA) is 16.4 Å². The van der Waals surface area contributed by atoms with Crippen LogP contribution in [-0.4, -0.2) is 0 Å². The lowest BCUT2D eigenvalue weighted by atomic mass is 9.92. The molecular formula is C58H37NOS. The van der Waals surface area contributed by atoms with Gasteiger partial charge in [-0.2, -0.15) is 0 Å². The summed E-state index contributed by atoms with van der Waals surface area (Å²) < 4.78 is 9.61. The molecule has 0 N–H and O–H groups in total. The van der Waals surface area contributed by atoms with E-state index >= 15 is 0 Å². The third-order valence-corrected chi connectivity index (χ3v) is 13.3. The quantitative estimate of drug-likeness (QED) is 0.160. The molecule has 0 unspecified atom stereocenters. The molecule has 61 heavy (non-hydrogen) atoms. The number of anilines is 3. The Hall–Kier alpha value is -7.72. The summed E-state index contributed by atoms with van der Waals surface area (Å²) in [5.41, 5.74) is 14.4. The van der Waals surface area contributed by atoms with Crippen molar-refractivity contribution in [3.8, 4) is 44.5 Å². The highest BCUT2D eigenvalue weighted by Gasteiger charge is 2.25. The minimum absolute atomic E-state index is 0.863. The van der Waals surface area contributed by atoms with Crippen molar-refractivity contribution in [2.45, 2.75) is 0 Å². The number of rotatable bonds is 7. The molecule has 12 rings (SSSR count). The summed E-state index contributed by atoms with van der Waals surface area (Å²) in [6.07, 6.45) is 0. The summed E-state index contributed by atoms with van der Waals surface area (Å²) in [5, 5.41) is 7.12. The first-order chi connectivity index (χ1) is 30.3. The predicted molar refractivity (Wildman–Crippen MR) is 261 cm³/mol. The van der Waals surface area contributed by atoms with Crippen LogP contribution in [0.25, 0.3) is 97.4 Å². The lowest BCUT2D eigenvalue weighted by molar-refractivity contribution is 0.670. The third-order valence-electron chi connectivity index (χ3n) is 12.1. The van der Waals surface area contributed by atoms with Crippen molar-refractivity contribution in [2.24, 2.45) is 0 Å². The average Bonchev–Trinajstić information content (AvgIpc) is 3.92. The highest BCUT2D eigenvalue weighted by Crippen LogP contribution is 2.50. The normalized spacial score (nSPS) is 11.6. The molecule has 0 aliphatic carbocycles. The van der Waals surface area contributed by atoms with Gasteiger partial charge >= 0.3 is 0 Å². The van der Waals surface area contributed by atoms with Crippen LogP contribution in [0.4, 0.5) is 17.1 Å². The molecule has 2 aromatic heterocycles. The van der Waals surface area contributed by atoms with E-state index in [2.05, 4.69) is 229 Å². The molecule has 286 valence electrons. The van der Waals surface area contributed by atoms with Crippen molar-refractivity contribution in [3.05, 3.63) is 224 Å². The van der Waals surface area contributed by atoms with Gasteiger partial charge in [-0.3, -0.25) is 0 Å². The Morgan fingerprint density at radius 2 is 0.902 bits per heavy atom. The highest BCUT2D eigenvalue weighted by molar-refractivity contribution is 7.26. The van der Waals surface area contributed by atoms with Gasteiger partial charge in [-0.1, -0.05) is 182 Å². The smallest absolute Gasteiger partial charge is 0.145 e. The lowest BCUT2D eigenvalue weighted by Crippen LogP contribution is -2.11. The molecule has 0 aliphatic heterocycles. The van der Waals surface area contributed by atoms with Crippen LogP contribution in [0.1, 0.15) is 0 Å². The van der Waals surface area contributed by atoms with Crippen molar-refractivity contribution in [2.75, 3.05) is 4.90 Å². The van der Waals surface area contributed by atoms with Gasteiger partial charge in [0.25, 0.3) is 0 Å². The van der Waals surface area contributed by atoms with Crippen LogP contribution in [0.15, 0.2) is 229 Å². The largest absolute Gasteiger partial charge is 0.455 e. The monoisotopic (exact) mass is 795 g/mol. The number of para-hydroxylation sites is 1.